The second-order valence-electron chi connectivity index (χ2n) is 16.5. The van der Waals surface area contributed by atoms with Crippen LogP contribution in [0.15, 0.2) is 60.9 Å². The Morgan fingerprint density at radius 3 is 2.42 bits per heavy atom. The fourth-order valence-corrected chi connectivity index (χ4v) is 8.62. The van der Waals surface area contributed by atoms with E-state index < -0.39 is 11.9 Å². The van der Waals surface area contributed by atoms with Gasteiger partial charge in [-0.1, -0.05) is 37.8 Å². The van der Waals surface area contributed by atoms with Crippen molar-refractivity contribution in [3.05, 3.63) is 83.3 Å². The van der Waals surface area contributed by atoms with Crippen LogP contribution in [0.25, 0.3) is 6.08 Å². The van der Waals surface area contributed by atoms with E-state index in [0.717, 1.165) is 68.9 Å². The van der Waals surface area contributed by atoms with Gasteiger partial charge in [0.15, 0.2) is 11.5 Å². The summed E-state index contributed by atoms with van der Waals surface area (Å²) in [7, 11) is 0. The van der Waals surface area contributed by atoms with Gasteiger partial charge in [0.1, 0.15) is 11.8 Å². The van der Waals surface area contributed by atoms with Crippen LogP contribution in [0, 0.1) is 5.92 Å². The number of piperazine rings is 1. The number of likely N-dealkylation sites (tertiary alicyclic amines) is 1. The molecule has 3 fully saturated rings. The highest BCUT2D eigenvalue weighted by molar-refractivity contribution is 6.05. The first kappa shape index (κ1) is 43.9. The first-order valence-corrected chi connectivity index (χ1v) is 22.1. The molecule has 16 nitrogen and oxygen atoms in total. The van der Waals surface area contributed by atoms with Crippen LogP contribution >= 0.6 is 0 Å². The fourth-order valence-electron chi connectivity index (χ4n) is 8.62. The summed E-state index contributed by atoms with van der Waals surface area (Å²) >= 11 is 0. The molecule has 62 heavy (non-hydrogen) atoms. The van der Waals surface area contributed by atoms with Crippen LogP contribution in [0.3, 0.4) is 0 Å². The van der Waals surface area contributed by atoms with Gasteiger partial charge in [0.05, 0.1) is 13.2 Å². The third-order valence-electron chi connectivity index (χ3n) is 12.3. The molecule has 16 heteroatoms. The zero-order chi connectivity index (χ0) is 43.3. The van der Waals surface area contributed by atoms with Gasteiger partial charge in [0.25, 0.3) is 11.8 Å². The van der Waals surface area contributed by atoms with Gasteiger partial charge in [-0.05, 0) is 86.4 Å². The number of amides is 6. The first-order valence-electron chi connectivity index (χ1n) is 22.1. The van der Waals surface area contributed by atoms with Crippen molar-refractivity contribution in [3.8, 4) is 5.75 Å². The number of carbonyl (C=O) groups excluding carboxylic acids is 6. The number of benzene rings is 1. The Labute approximate surface area is 362 Å². The number of imide groups is 1. The third-order valence-corrected chi connectivity index (χ3v) is 12.3. The molecule has 4 aliphatic heterocycles. The molecule has 2 N–H and O–H groups in total. The van der Waals surface area contributed by atoms with Crippen LogP contribution in [0.1, 0.15) is 109 Å². The van der Waals surface area contributed by atoms with Crippen molar-refractivity contribution in [1.82, 2.24) is 40.5 Å². The average Bonchev–Trinajstić information content (AvgIpc) is 3.64. The van der Waals surface area contributed by atoms with E-state index in [1.54, 1.807) is 36.7 Å². The van der Waals surface area contributed by atoms with Crippen molar-refractivity contribution in [2.75, 3.05) is 57.3 Å². The highest BCUT2D eigenvalue weighted by atomic mass is 16.5. The van der Waals surface area contributed by atoms with E-state index in [0.29, 0.717) is 94.0 Å². The summed E-state index contributed by atoms with van der Waals surface area (Å²) in [6.45, 7) is 5.29. The van der Waals surface area contributed by atoms with Crippen LogP contribution in [0.5, 0.6) is 5.75 Å². The number of fused-ring (bicyclic) bond motifs is 1. The minimum Gasteiger partial charge on any atom is -0.493 e. The molecule has 3 saturated heterocycles. The average molecular weight is 848 g/mol. The number of piperidine rings is 2. The number of carbonyl (C=O) groups is 6. The Hall–Kier alpha value is -6.19. The molecular weight excluding hydrogens is 791 g/mol. The van der Waals surface area contributed by atoms with Gasteiger partial charge >= 0.3 is 0 Å². The Balaban J connectivity index is 0.726. The van der Waals surface area contributed by atoms with Crippen molar-refractivity contribution in [2.24, 2.45) is 5.92 Å². The van der Waals surface area contributed by atoms with Gasteiger partial charge in [-0.3, -0.25) is 39.1 Å². The van der Waals surface area contributed by atoms with E-state index in [1.165, 1.54) is 11.0 Å². The zero-order valence-corrected chi connectivity index (χ0v) is 35.3. The van der Waals surface area contributed by atoms with E-state index in [1.807, 2.05) is 34.1 Å². The number of unbranched alkanes of at least 4 members (excludes halogenated alkanes) is 4. The number of pyridine rings is 1. The van der Waals surface area contributed by atoms with Crippen LogP contribution in [0.4, 0.5) is 5.82 Å². The van der Waals surface area contributed by atoms with Crippen LogP contribution in [-0.4, -0.2) is 124 Å². The second-order valence-corrected chi connectivity index (χ2v) is 16.5. The van der Waals surface area contributed by atoms with E-state index in [-0.39, 0.29) is 42.5 Å². The summed E-state index contributed by atoms with van der Waals surface area (Å²) in [5.41, 5.74) is 2.53. The highest BCUT2D eigenvalue weighted by Crippen LogP contribution is 2.34. The molecule has 0 bridgehead atoms. The molecule has 1 unspecified atom stereocenters. The summed E-state index contributed by atoms with van der Waals surface area (Å²) in [5, 5.41) is 14.0. The van der Waals surface area contributed by atoms with Crippen LogP contribution in [-0.2, 0) is 25.7 Å². The predicted molar refractivity (Wildman–Crippen MR) is 231 cm³/mol. The Bertz CT molecular complexity index is 2080. The molecule has 7 rings (SSSR count). The second kappa shape index (κ2) is 21.6. The molecule has 1 atom stereocenters. The number of rotatable bonds is 18. The number of ether oxygens (including phenoxy) is 1. The normalized spacial score (nSPS) is 18.3. The van der Waals surface area contributed by atoms with Gasteiger partial charge in [0.2, 0.25) is 23.6 Å². The molecule has 4 aliphatic rings. The van der Waals surface area contributed by atoms with Crippen molar-refractivity contribution < 1.29 is 33.5 Å². The smallest absolute Gasteiger partial charge is 0.274 e. The highest BCUT2D eigenvalue weighted by Gasteiger charge is 2.40. The fraction of sp³-hybridized carbons (Fsp3) is 0.500. The molecule has 1 aromatic carbocycles. The quantitative estimate of drug-likeness (QED) is 0.106. The Morgan fingerprint density at radius 1 is 0.839 bits per heavy atom. The maximum absolute atomic E-state index is 13.2. The first-order chi connectivity index (χ1) is 30.2. The lowest BCUT2D eigenvalue weighted by Gasteiger charge is -2.35. The van der Waals surface area contributed by atoms with Crippen LogP contribution in [0.2, 0.25) is 0 Å². The largest absolute Gasteiger partial charge is 0.493 e. The van der Waals surface area contributed by atoms with Gasteiger partial charge in [-0.15, -0.1) is 10.2 Å². The summed E-state index contributed by atoms with van der Waals surface area (Å²) < 4.78 is 6.08. The summed E-state index contributed by atoms with van der Waals surface area (Å²) in [5.74, 6) is 0.885. The van der Waals surface area contributed by atoms with E-state index in [2.05, 4.69) is 30.7 Å². The minimum atomic E-state index is -0.664. The third kappa shape index (κ3) is 11.6. The molecule has 0 radical (unpaired) electrons. The zero-order valence-electron chi connectivity index (χ0n) is 35.3. The molecule has 3 aromatic rings. The molecule has 6 amide bonds. The number of nitrogens with one attached hydrogen (secondary N) is 2. The number of hydrogen-bond acceptors (Lipinski definition) is 11. The lowest BCUT2D eigenvalue weighted by atomic mass is 9.91. The molecule has 0 aliphatic carbocycles. The molecule has 328 valence electrons. The Morgan fingerprint density at radius 2 is 1.66 bits per heavy atom. The lowest BCUT2D eigenvalue weighted by molar-refractivity contribution is -0.137. The number of aromatic nitrogens is 3. The number of hydrogen-bond donors (Lipinski definition) is 2. The van der Waals surface area contributed by atoms with Gasteiger partial charge in [-0.25, -0.2) is 0 Å². The maximum Gasteiger partial charge on any atom is 0.274 e. The number of anilines is 1. The minimum absolute atomic E-state index is 0.0929. The summed E-state index contributed by atoms with van der Waals surface area (Å²) in [6.07, 6.45) is 16.1. The molecule has 2 aromatic heterocycles. The topological polar surface area (TPSA) is 187 Å². The lowest BCUT2D eigenvalue weighted by Crippen LogP contribution is -2.52. The standard InChI is InChI=1S/C46H57N9O7/c56-41(18-14-34-10-8-22-47-31-34)48-23-5-4-9-33-20-24-54(25-21-33)46(61)37-15-17-40(51-50-37)52-26-28-53(29-27-52)43(58)13-3-1-2-6-30-62-39-12-7-11-35-36(39)32-55(45(35)60)38-16-19-42(57)49-44(38)59/h7-8,10-12,14-15,17-18,22,31,33,38H,1-6,9,13,16,19-21,23-30,32H2,(H,48,56)(H,49,57,59)/b18-14+. The summed E-state index contributed by atoms with van der Waals surface area (Å²) in [4.78, 5) is 86.8. The Kier molecular flexibility index (Phi) is 15.3. The molecule has 0 saturated carbocycles. The van der Waals surface area contributed by atoms with E-state index in [4.69, 9.17) is 4.74 Å². The van der Waals surface area contributed by atoms with Gasteiger partial charge in [-0.2, -0.15) is 0 Å². The number of nitrogens with zero attached hydrogens (tertiary/aromatic N) is 7. The SMILES string of the molecule is O=C(/C=C/c1cccnc1)NCCCCC1CCN(C(=O)c2ccc(N3CCN(C(=O)CCCCCCOc4cccc5c4CN(C4CCC(=O)NC4=O)C5=O)CC3)nn2)CC1. The maximum atomic E-state index is 13.2. The van der Waals surface area contributed by atoms with Gasteiger partial charge in [0, 0.05) is 88.3 Å². The van der Waals surface area contributed by atoms with Crippen molar-refractivity contribution in [3.63, 3.8) is 0 Å². The summed E-state index contributed by atoms with van der Waals surface area (Å²) in [6, 6.07) is 12.0. The van der Waals surface area contributed by atoms with Crippen molar-refractivity contribution in [2.45, 2.75) is 89.6 Å². The van der Waals surface area contributed by atoms with Crippen molar-refractivity contribution in [1.29, 1.82) is 0 Å². The monoisotopic (exact) mass is 847 g/mol. The van der Waals surface area contributed by atoms with Crippen LogP contribution < -0.4 is 20.3 Å². The van der Waals surface area contributed by atoms with Gasteiger partial charge < -0.3 is 29.7 Å². The van der Waals surface area contributed by atoms with Crippen molar-refractivity contribution >= 4 is 47.3 Å². The van der Waals surface area contributed by atoms with E-state index >= 15 is 0 Å². The van der Waals surface area contributed by atoms with E-state index in [9.17, 15) is 28.8 Å². The molecular formula is C46H57N9O7. The molecule has 6 heterocycles. The molecule has 0 spiro atoms. The predicted octanol–water partition coefficient (Wildman–Crippen LogP) is 4.16.